The molecule has 2 N–H and O–H groups in total. The Bertz CT molecular complexity index is 537. The van der Waals surface area contributed by atoms with Crippen molar-refractivity contribution < 1.29 is 4.39 Å². The molecule has 0 saturated heterocycles. The summed E-state index contributed by atoms with van der Waals surface area (Å²) < 4.78 is 13.2. The number of nitrogens with two attached hydrogens (primary N) is 1. The lowest BCUT2D eigenvalue weighted by molar-refractivity contribution is 0.628. The number of halogens is 2. The van der Waals surface area contributed by atoms with E-state index in [0.717, 1.165) is 16.7 Å². The van der Waals surface area contributed by atoms with Crippen LogP contribution in [0, 0.1) is 5.82 Å². The van der Waals surface area contributed by atoms with Crippen molar-refractivity contribution in [1.29, 1.82) is 0 Å². The fraction of sp³-hybridized carbons (Fsp3) is 0.143. The first-order valence-corrected chi connectivity index (χ1v) is 5.76. The van der Waals surface area contributed by atoms with Crippen LogP contribution in [0.25, 0.3) is 11.1 Å². The molecule has 0 heterocycles. The number of rotatable bonds is 2. The van der Waals surface area contributed by atoms with Gasteiger partial charge in [0.1, 0.15) is 5.82 Å². The Morgan fingerprint density at radius 2 is 1.94 bits per heavy atom. The minimum Gasteiger partial charge on any atom is -0.324 e. The minimum atomic E-state index is -0.273. The van der Waals surface area contributed by atoms with Gasteiger partial charge < -0.3 is 5.73 Å². The van der Waals surface area contributed by atoms with Crippen LogP contribution < -0.4 is 5.73 Å². The molecular weight excluding hydrogens is 237 g/mol. The highest BCUT2D eigenvalue weighted by Gasteiger charge is 2.07. The summed E-state index contributed by atoms with van der Waals surface area (Å²) in [6.45, 7) is 1.90. The topological polar surface area (TPSA) is 26.0 Å². The predicted molar refractivity (Wildman–Crippen MR) is 69.4 cm³/mol. The molecule has 2 aromatic carbocycles. The molecule has 0 spiro atoms. The molecule has 0 saturated carbocycles. The molecule has 17 heavy (non-hydrogen) atoms. The van der Waals surface area contributed by atoms with Crippen LogP contribution in [-0.4, -0.2) is 0 Å². The summed E-state index contributed by atoms with van der Waals surface area (Å²) in [5, 5.41) is 0.597. The monoisotopic (exact) mass is 249 g/mol. The lowest BCUT2D eigenvalue weighted by Gasteiger charge is -2.10. The zero-order valence-corrected chi connectivity index (χ0v) is 10.2. The molecule has 2 aromatic rings. The third-order valence-electron chi connectivity index (χ3n) is 2.65. The van der Waals surface area contributed by atoms with Gasteiger partial charge >= 0.3 is 0 Å². The molecule has 0 amide bonds. The van der Waals surface area contributed by atoms with Crippen molar-refractivity contribution in [1.82, 2.24) is 0 Å². The first kappa shape index (κ1) is 12.1. The van der Waals surface area contributed by atoms with Crippen LogP contribution >= 0.6 is 11.6 Å². The van der Waals surface area contributed by atoms with Crippen molar-refractivity contribution in [3.63, 3.8) is 0 Å². The first-order valence-electron chi connectivity index (χ1n) is 5.39. The van der Waals surface area contributed by atoms with Gasteiger partial charge in [-0.15, -0.1) is 0 Å². The molecule has 3 heteroatoms. The van der Waals surface area contributed by atoms with E-state index in [2.05, 4.69) is 0 Å². The molecule has 0 aliphatic rings. The minimum absolute atomic E-state index is 0.0698. The van der Waals surface area contributed by atoms with E-state index in [-0.39, 0.29) is 11.9 Å². The molecular formula is C14H13ClFN. The van der Waals surface area contributed by atoms with E-state index < -0.39 is 0 Å². The van der Waals surface area contributed by atoms with Crippen molar-refractivity contribution in [3.8, 4) is 11.1 Å². The molecule has 0 fully saturated rings. The van der Waals surface area contributed by atoms with E-state index >= 15 is 0 Å². The van der Waals surface area contributed by atoms with Crippen molar-refractivity contribution in [2.45, 2.75) is 13.0 Å². The molecule has 1 atom stereocenters. The third-order valence-corrected chi connectivity index (χ3v) is 2.98. The van der Waals surface area contributed by atoms with E-state index in [1.54, 1.807) is 12.1 Å². The van der Waals surface area contributed by atoms with E-state index in [0.29, 0.717) is 5.02 Å². The van der Waals surface area contributed by atoms with E-state index in [1.807, 2.05) is 25.1 Å². The maximum absolute atomic E-state index is 13.2. The molecule has 1 unspecified atom stereocenters. The maximum Gasteiger partial charge on any atom is 0.123 e. The third kappa shape index (κ3) is 2.65. The van der Waals surface area contributed by atoms with Gasteiger partial charge in [0.05, 0.1) is 0 Å². The van der Waals surface area contributed by atoms with Crippen molar-refractivity contribution >= 4 is 11.6 Å². The first-order chi connectivity index (χ1) is 8.08. The van der Waals surface area contributed by atoms with Gasteiger partial charge in [-0.3, -0.25) is 0 Å². The maximum atomic E-state index is 13.2. The van der Waals surface area contributed by atoms with Crippen LogP contribution in [0.15, 0.2) is 42.5 Å². The quantitative estimate of drug-likeness (QED) is 0.850. The highest BCUT2D eigenvalue weighted by Crippen LogP contribution is 2.30. The van der Waals surface area contributed by atoms with E-state index in [9.17, 15) is 4.39 Å². The van der Waals surface area contributed by atoms with Gasteiger partial charge in [-0.05, 0) is 42.3 Å². The Balaban J connectivity index is 2.54. The van der Waals surface area contributed by atoms with Gasteiger partial charge in [0, 0.05) is 16.6 Å². The second-order valence-electron chi connectivity index (χ2n) is 4.04. The number of hydrogen-bond donors (Lipinski definition) is 1. The average molecular weight is 250 g/mol. The highest BCUT2D eigenvalue weighted by atomic mass is 35.5. The molecule has 88 valence electrons. The molecule has 0 bridgehead atoms. The fourth-order valence-corrected chi connectivity index (χ4v) is 1.93. The summed E-state index contributed by atoms with van der Waals surface area (Å²) in [5.74, 6) is -0.273. The summed E-state index contributed by atoms with van der Waals surface area (Å²) in [7, 11) is 0. The van der Waals surface area contributed by atoms with Gasteiger partial charge in [0.15, 0.2) is 0 Å². The van der Waals surface area contributed by atoms with Crippen LogP contribution in [0.1, 0.15) is 18.5 Å². The summed E-state index contributed by atoms with van der Waals surface area (Å²) in [6, 6.07) is 11.9. The fourth-order valence-electron chi connectivity index (χ4n) is 1.70. The van der Waals surface area contributed by atoms with Gasteiger partial charge in [-0.1, -0.05) is 29.8 Å². The predicted octanol–water partition coefficient (Wildman–Crippen LogP) is 4.17. The Morgan fingerprint density at radius 3 is 2.59 bits per heavy atom. The Kier molecular flexibility index (Phi) is 3.46. The van der Waals surface area contributed by atoms with E-state index in [4.69, 9.17) is 17.3 Å². The Labute approximate surface area is 105 Å². The summed E-state index contributed by atoms with van der Waals surface area (Å²) >= 11 is 6.12. The van der Waals surface area contributed by atoms with Gasteiger partial charge in [-0.25, -0.2) is 4.39 Å². The molecule has 2 rings (SSSR count). The SMILES string of the molecule is CC(N)c1ccc(Cl)c(-c2cccc(F)c2)c1. The van der Waals surface area contributed by atoms with Gasteiger partial charge in [-0.2, -0.15) is 0 Å². The number of hydrogen-bond acceptors (Lipinski definition) is 1. The van der Waals surface area contributed by atoms with E-state index in [1.165, 1.54) is 12.1 Å². The second-order valence-corrected chi connectivity index (χ2v) is 4.45. The van der Waals surface area contributed by atoms with Crippen LogP contribution in [0.3, 0.4) is 0 Å². The molecule has 0 aromatic heterocycles. The average Bonchev–Trinajstić information content (AvgIpc) is 2.29. The summed E-state index contributed by atoms with van der Waals surface area (Å²) in [5.41, 5.74) is 8.37. The van der Waals surface area contributed by atoms with Crippen LogP contribution in [-0.2, 0) is 0 Å². The standard InChI is InChI=1S/C14H13ClFN/c1-9(17)10-5-6-14(15)13(8-10)11-3-2-4-12(16)7-11/h2-9H,17H2,1H3. The molecule has 0 radical (unpaired) electrons. The van der Waals surface area contributed by atoms with Crippen LogP contribution in [0.5, 0.6) is 0 Å². The zero-order valence-electron chi connectivity index (χ0n) is 9.45. The molecule has 1 nitrogen and oxygen atoms in total. The Morgan fingerprint density at radius 1 is 1.18 bits per heavy atom. The number of benzene rings is 2. The second kappa shape index (κ2) is 4.86. The lowest BCUT2D eigenvalue weighted by Crippen LogP contribution is -2.04. The van der Waals surface area contributed by atoms with Crippen molar-refractivity contribution in [3.05, 3.63) is 58.9 Å². The Hall–Kier alpha value is -1.38. The summed E-state index contributed by atoms with van der Waals surface area (Å²) in [6.07, 6.45) is 0. The van der Waals surface area contributed by atoms with Crippen LogP contribution in [0.2, 0.25) is 5.02 Å². The van der Waals surface area contributed by atoms with Gasteiger partial charge in [0.25, 0.3) is 0 Å². The van der Waals surface area contributed by atoms with Crippen molar-refractivity contribution in [2.75, 3.05) is 0 Å². The largest absolute Gasteiger partial charge is 0.324 e. The van der Waals surface area contributed by atoms with Crippen molar-refractivity contribution in [2.24, 2.45) is 5.73 Å². The molecule has 0 aliphatic heterocycles. The summed E-state index contributed by atoms with van der Waals surface area (Å²) in [4.78, 5) is 0. The molecule has 0 aliphatic carbocycles. The van der Waals surface area contributed by atoms with Gasteiger partial charge in [0.2, 0.25) is 0 Å². The lowest BCUT2D eigenvalue weighted by atomic mass is 10.0. The zero-order chi connectivity index (χ0) is 12.4. The van der Waals surface area contributed by atoms with Crippen LogP contribution in [0.4, 0.5) is 4.39 Å². The normalized spacial score (nSPS) is 12.5. The smallest absolute Gasteiger partial charge is 0.123 e. The highest BCUT2D eigenvalue weighted by molar-refractivity contribution is 6.33.